The predicted octanol–water partition coefficient (Wildman–Crippen LogP) is 8.14. The predicted molar refractivity (Wildman–Crippen MR) is 188 cm³/mol. The maximum Gasteiger partial charge on any atom is 0.153 e. The third kappa shape index (κ3) is 5.73. The summed E-state index contributed by atoms with van der Waals surface area (Å²) in [6, 6.07) is 12.4. The van der Waals surface area contributed by atoms with E-state index in [2.05, 4.69) is 71.1 Å². The Kier molecular flexibility index (Phi) is 8.90. The molecule has 2 aromatic rings. The van der Waals surface area contributed by atoms with Gasteiger partial charge in [-0.3, -0.25) is 14.4 Å². The number of fused-ring (bicyclic) bond motifs is 6. The van der Waals surface area contributed by atoms with Gasteiger partial charge in [0.1, 0.15) is 17.3 Å². The molecule has 0 radical (unpaired) electrons. The minimum absolute atomic E-state index is 0.0151. The number of phenolic OH excluding ortho intramolecular Hbond substituents is 1. The van der Waals surface area contributed by atoms with Gasteiger partial charge in [0.25, 0.3) is 0 Å². The van der Waals surface area contributed by atoms with E-state index in [0.29, 0.717) is 6.42 Å². The fourth-order valence-electron chi connectivity index (χ4n) is 11.2. The molecular formula is C42H57NO4. The summed E-state index contributed by atoms with van der Waals surface area (Å²) < 4.78 is 0. The van der Waals surface area contributed by atoms with E-state index in [-0.39, 0.29) is 64.3 Å². The first-order valence-corrected chi connectivity index (χ1v) is 18.4. The molecule has 0 unspecified atom stereocenters. The van der Waals surface area contributed by atoms with Crippen molar-refractivity contribution in [2.45, 2.75) is 148 Å². The molecule has 254 valence electrons. The summed E-state index contributed by atoms with van der Waals surface area (Å²) in [5.74, 6) is 1.06. The second-order valence-corrected chi connectivity index (χ2v) is 17.1. The number of aromatic hydroxyl groups is 1. The lowest BCUT2D eigenvalue weighted by Gasteiger charge is -2.56. The molecule has 0 saturated heterocycles. The summed E-state index contributed by atoms with van der Waals surface area (Å²) in [6.45, 7) is 15.0. The molecule has 4 aliphatic carbocycles. The molecule has 0 heterocycles. The summed E-state index contributed by atoms with van der Waals surface area (Å²) >= 11 is 0. The maximum atomic E-state index is 14.6. The molecule has 0 bridgehead atoms. The van der Waals surface area contributed by atoms with Crippen LogP contribution in [0.5, 0.6) is 5.75 Å². The molecule has 2 fully saturated rings. The first-order valence-electron chi connectivity index (χ1n) is 18.4. The van der Waals surface area contributed by atoms with Gasteiger partial charge in [-0.1, -0.05) is 78.6 Å². The van der Waals surface area contributed by atoms with Crippen molar-refractivity contribution < 1.29 is 19.5 Å². The standard InChI is InChI=1S/C42H57NO4/c1-26(2)43-27(3)34(45)23-28-10-11-29-13-16-35-39(4,32(29)22-28)18-8-20-41(35,6)37(46)25-38(47)42(7)21-9-19-40(5)33-24-31(44)15-12-30(33)14-17-36(40)42/h10-12,15,22,24,26-27,35-36,43-44H,8-9,13-14,16-21,23,25H2,1-7H3/t27-,35+,36+,39+,40+,41-,42-/m0/s1. The molecular weight excluding hydrogens is 582 g/mol. The Morgan fingerprint density at radius 1 is 0.766 bits per heavy atom. The molecule has 7 atom stereocenters. The number of Topliss-reactive ketones (excluding diaryl/α,β-unsaturated/α-hetero) is 3. The number of carbonyl (C=O) groups excluding carboxylic acids is 3. The smallest absolute Gasteiger partial charge is 0.153 e. The highest BCUT2D eigenvalue weighted by molar-refractivity contribution is 6.04. The largest absolute Gasteiger partial charge is 0.508 e. The quantitative estimate of drug-likeness (QED) is 0.271. The van der Waals surface area contributed by atoms with Crippen LogP contribution in [-0.2, 0) is 44.5 Å². The highest BCUT2D eigenvalue weighted by Gasteiger charge is 2.58. The average Bonchev–Trinajstić information content (AvgIpc) is 3.01. The van der Waals surface area contributed by atoms with E-state index in [9.17, 15) is 19.5 Å². The Hall–Kier alpha value is -2.79. The Bertz CT molecular complexity index is 1580. The fraction of sp³-hybridized carbons (Fsp3) is 0.643. The van der Waals surface area contributed by atoms with Gasteiger partial charge in [-0.15, -0.1) is 0 Å². The monoisotopic (exact) mass is 639 g/mol. The van der Waals surface area contributed by atoms with Gasteiger partial charge in [0.05, 0.1) is 12.5 Å². The van der Waals surface area contributed by atoms with E-state index < -0.39 is 10.8 Å². The van der Waals surface area contributed by atoms with Crippen LogP contribution in [-0.4, -0.2) is 34.5 Å². The Balaban J connectivity index is 1.23. The highest BCUT2D eigenvalue weighted by Crippen LogP contribution is 2.60. The zero-order valence-electron chi connectivity index (χ0n) is 29.9. The Labute approximate surface area is 282 Å². The van der Waals surface area contributed by atoms with Gasteiger partial charge in [-0.2, -0.15) is 0 Å². The third-order valence-corrected chi connectivity index (χ3v) is 13.8. The van der Waals surface area contributed by atoms with Crippen molar-refractivity contribution in [3.05, 3.63) is 64.2 Å². The van der Waals surface area contributed by atoms with Crippen LogP contribution < -0.4 is 5.32 Å². The molecule has 5 nitrogen and oxygen atoms in total. The summed E-state index contributed by atoms with van der Waals surface area (Å²) in [5.41, 5.74) is 4.74. The zero-order valence-corrected chi connectivity index (χ0v) is 29.9. The van der Waals surface area contributed by atoms with Gasteiger partial charge in [0, 0.05) is 23.3 Å². The second-order valence-electron chi connectivity index (χ2n) is 17.1. The van der Waals surface area contributed by atoms with Gasteiger partial charge >= 0.3 is 0 Å². The van der Waals surface area contributed by atoms with Crippen molar-refractivity contribution in [2.75, 3.05) is 0 Å². The molecule has 2 aromatic carbocycles. The number of aryl methyl sites for hydroxylation is 2. The SMILES string of the molecule is CC(C)N[C@@H](C)C(=O)Cc1ccc2c(c1)[C@@]1(C)CCC[C@](C)(C(=O)CC(=O)[C@@]3(C)CCC[C@]4(C)c5cc(O)ccc5CC[C@@H]34)[C@@H]1CC2. The molecule has 4 aliphatic rings. The van der Waals surface area contributed by atoms with Crippen molar-refractivity contribution in [1.29, 1.82) is 0 Å². The summed E-state index contributed by atoms with van der Waals surface area (Å²) in [5, 5.41) is 13.7. The van der Waals surface area contributed by atoms with Crippen LogP contribution in [0.15, 0.2) is 36.4 Å². The third-order valence-electron chi connectivity index (χ3n) is 13.8. The molecule has 5 heteroatoms. The van der Waals surface area contributed by atoms with Crippen molar-refractivity contribution in [3.8, 4) is 5.75 Å². The number of hydrogen-bond acceptors (Lipinski definition) is 5. The van der Waals surface area contributed by atoms with Crippen LogP contribution in [0, 0.1) is 22.7 Å². The van der Waals surface area contributed by atoms with Crippen LogP contribution in [0.3, 0.4) is 0 Å². The first kappa shape index (κ1) is 34.1. The topological polar surface area (TPSA) is 83.5 Å². The molecule has 0 aromatic heterocycles. The van der Waals surface area contributed by atoms with Gasteiger partial charge < -0.3 is 10.4 Å². The van der Waals surface area contributed by atoms with Crippen LogP contribution in [0.2, 0.25) is 0 Å². The molecule has 0 amide bonds. The molecule has 6 rings (SSSR count). The van der Waals surface area contributed by atoms with E-state index in [4.69, 9.17) is 0 Å². The molecule has 2 N–H and O–H groups in total. The number of ketones is 3. The van der Waals surface area contributed by atoms with Crippen LogP contribution >= 0.6 is 0 Å². The van der Waals surface area contributed by atoms with Crippen molar-refractivity contribution >= 4 is 17.3 Å². The van der Waals surface area contributed by atoms with Crippen LogP contribution in [0.25, 0.3) is 0 Å². The van der Waals surface area contributed by atoms with E-state index in [1.54, 1.807) is 6.07 Å². The van der Waals surface area contributed by atoms with Crippen LogP contribution in [0.4, 0.5) is 0 Å². The van der Waals surface area contributed by atoms with Gasteiger partial charge in [0.2, 0.25) is 0 Å². The van der Waals surface area contributed by atoms with Gasteiger partial charge in [-0.25, -0.2) is 0 Å². The van der Waals surface area contributed by atoms with E-state index >= 15 is 0 Å². The van der Waals surface area contributed by atoms with Crippen molar-refractivity contribution in [1.82, 2.24) is 5.32 Å². The van der Waals surface area contributed by atoms with Gasteiger partial charge in [0.15, 0.2) is 5.78 Å². The maximum absolute atomic E-state index is 14.6. The Morgan fingerprint density at radius 3 is 1.81 bits per heavy atom. The van der Waals surface area contributed by atoms with E-state index in [1.807, 2.05) is 13.0 Å². The fourth-order valence-corrected chi connectivity index (χ4v) is 11.2. The molecule has 0 spiro atoms. The number of hydrogen-bond donors (Lipinski definition) is 2. The van der Waals surface area contributed by atoms with E-state index in [0.717, 1.165) is 69.8 Å². The van der Waals surface area contributed by atoms with Crippen molar-refractivity contribution in [2.24, 2.45) is 22.7 Å². The van der Waals surface area contributed by atoms with Gasteiger partial charge in [-0.05, 0) is 121 Å². The minimum Gasteiger partial charge on any atom is -0.508 e. The van der Waals surface area contributed by atoms with Crippen LogP contribution in [0.1, 0.15) is 134 Å². The number of carbonyl (C=O) groups is 3. The lowest BCUT2D eigenvalue weighted by atomic mass is 9.47. The number of nitrogens with one attached hydrogen (secondary N) is 1. The van der Waals surface area contributed by atoms with E-state index in [1.165, 1.54) is 22.3 Å². The second kappa shape index (κ2) is 12.3. The number of phenols is 1. The molecule has 2 saturated carbocycles. The minimum atomic E-state index is -0.554. The average molecular weight is 640 g/mol. The zero-order chi connectivity index (χ0) is 33.9. The lowest BCUT2D eigenvalue weighted by Crippen LogP contribution is -2.55. The number of rotatable bonds is 9. The normalized spacial score (nSPS) is 33.6. The molecule has 47 heavy (non-hydrogen) atoms. The molecule has 0 aliphatic heterocycles. The lowest BCUT2D eigenvalue weighted by molar-refractivity contribution is -0.146. The highest BCUT2D eigenvalue weighted by atomic mass is 16.3. The first-order chi connectivity index (χ1) is 22.1. The summed E-state index contributed by atoms with van der Waals surface area (Å²) in [6.07, 6.45) is 9.73. The number of benzene rings is 2. The van der Waals surface area contributed by atoms with Crippen molar-refractivity contribution in [3.63, 3.8) is 0 Å². The summed E-state index contributed by atoms with van der Waals surface area (Å²) in [7, 11) is 0. The Morgan fingerprint density at radius 2 is 1.28 bits per heavy atom. The summed E-state index contributed by atoms with van der Waals surface area (Å²) in [4.78, 5) is 42.1.